The summed E-state index contributed by atoms with van der Waals surface area (Å²) in [7, 11) is 0. The van der Waals surface area contributed by atoms with Crippen molar-refractivity contribution in [3.05, 3.63) is 83.2 Å². The molecule has 152 valence electrons. The summed E-state index contributed by atoms with van der Waals surface area (Å²) in [5.74, 6) is -0.327. The Balaban J connectivity index is 1.78. The van der Waals surface area contributed by atoms with E-state index in [0.717, 1.165) is 18.4 Å². The van der Waals surface area contributed by atoms with Crippen molar-refractivity contribution in [1.29, 1.82) is 0 Å². The molecule has 3 N–H and O–H groups in total. The number of nitrogens with one attached hydrogen (secondary N) is 2. The molecule has 0 fully saturated rings. The maximum atomic E-state index is 12.7. The van der Waals surface area contributed by atoms with Crippen molar-refractivity contribution >= 4 is 11.7 Å². The predicted octanol–water partition coefficient (Wildman–Crippen LogP) is 3.07. The smallest absolute Gasteiger partial charge is 0.391 e. The van der Waals surface area contributed by atoms with Crippen molar-refractivity contribution in [2.24, 2.45) is 4.99 Å². The van der Waals surface area contributed by atoms with Crippen LogP contribution in [0.25, 0.3) is 0 Å². The number of carbonyl (C=O) groups excluding carboxylic acids is 1. The van der Waals surface area contributed by atoms with Gasteiger partial charge in [-0.25, -0.2) is 10.5 Å². The van der Waals surface area contributed by atoms with Gasteiger partial charge in [-0.15, -0.1) is 0 Å². The number of halogens is 3. The maximum absolute atomic E-state index is 12.7. The molecule has 0 saturated carbocycles. The highest BCUT2D eigenvalue weighted by Crippen LogP contribution is 2.30. The van der Waals surface area contributed by atoms with Gasteiger partial charge in [-0.1, -0.05) is 42.5 Å². The molecule has 6 nitrogen and oxygen atoms in total. The van der Waals surface area contributed by atoms with Crippen molar-refractivity contribution in [3.63, 3.8) is 0 Å². The Hall–Kier alpha value is -3.33. The highest BCUT2D eigenvalue weighted by Gasteiger charge is 2.31. The first kappa shape index (κ1) is 20.4. The lowest BCUT2D eigenvalue weighted by molar-refractivity contribution is -0.137. The molecule has 0 aromatic heterocycles. The molecule has 1 amide bonds. The Bertz CT molecular complexity index is 923. The third-order valence-electron chi connectivity index (χ3n) is 4.20. The van der Waals surface area contributed by atoms with Gasteiger partial charge in [-0.3, -0.25) is 4.79 Å². The minimum Gasteiger partial charge on any atom is -0.391 e. The van der Waals surface area contributed by atoms with Crippen LogP contribution in [0, 0.1) is 0 Å². The van der Waals surface area contributed by atoms with Gasteiger partial charge in [0.1, 0.15) is 0 Å². The molecule has 29 heavy (non-hydrogen) atoms. The number of hydroxylamine groups is 1. The number of aliphatic hydroxyl groups is 1. The van der Waals surface area contributed by atoms with Crippen LogP contribution < -0.4 is 10.8 Å². The Morgan fingerprint density at radius 3 is 2.38 bits per heavy atom. The lowest BCUT2D eigenvalue weighted by atomic mass is 10.0. The SMILES string of the molecule is C[C@@H](O)[C@@H](NC(=O)C1=CONC(c2ccccc2)=N1)c1ccc(C(F)(F)F)cc1. The van der Waals surface area contributed by atoms with Gasteiger partial charge >= 0.3 is 6.18 Å². The van der Waals surface area contributed by atoms with Crippen LogP contribution in [0.3, 0.4) is 0 Å². The number of aliphatic hydroxyl groups excluding tert-OH is 1. The van der Waals surface area contributed by atoms with Crippen LogP contribution in [0.1, 0.15) is 29.7 Å². The Kier molecular flexibility index (Phi) is 5.88. The molecule has 3 rings (SSSR count). The van der Waals surface area contributed by atoms with Crippen molar-refractivity contribution < 1.29 is 27.9 Å². The lowest BCUT2D eigenvalue weighted by Gasteiger charge is -2.23. The van der Waals surface area contributed by atoms with Crippen LogP contribution in [-0.4, -0.2) is 23.0 Å². The van der Waals surface area contributed by atoms with Crippen molar-refractivity contribution in [2.75, 3.05) is 0 Å². The second-order valence-electron chi connectivity index (χ2n) is 6.36. The van der Waals surface area contributed by atoms with E-state index >= 15 is 0 Å². The van der Waals surface area contributed by atoms with Crippen LogP contribution in [-0.2, 0) is 15.8 Å². The number of carbonyl (C=O) groups is 1. The van der Waals surface area contributed by atoms with Crippen molar-refractivity contribution in [3.8, 4) is 0 Å². The summed E-state index contributed by atoms with van der Waals surface area (Å²) < 4.78 is 38.2. The summed E-state index contributed by atoms with van der Waals surface area (Å²) in [6, 6.07) is 12.3. The molecule has 0 saturated heterocycles. The van der Waals surface area contributed by atoms with Crippen LogP contribution in [0.5, 0.6) is 0 Å². The van der Waals surface area contributed by atoms with Gasteiger partial charge in [0.05, 0.1) is 17.7 Å². The monoisotopic (exact) mass is 405 g/mol. The first-order valence-corrected chi connectivity index (χ1v) is 8.68. The maximum Gasteiger partial charge on any atom is 0.416 e. The molecule has 0 aliphatic carbocycles. The average Bonchev–Trinajstić information content (AvgIpc) is 2.72. The zero-order valence-electron chi connectivity index (χ0n) is 15.3. The molecule has 2 aromatic carbocycles. The van der Waals surface area contributed by atoms with E-state index in [9.17, 15) is 23.1 Å². The number of hydrogen-bond donors (Lipinski definition) is 3. The number of amides is 1. The van der Waals surface area contributed by atoms with Gasteiger partial charge in [0.2, 0.25) is 0 Å². The molecule has 1 aliphatic rings. The third kappa shape index (κ3) is 4.94. The van der Waals surface area contributed by atoms with Gasteiger partial charge in [0, 0.05) is 5.56 Å². The molecule has 2 atom stereocenters. The van der Waals surface area contributed by atoms with Crippen LogP contribution in [0.2, 0.25) is 0 Å². The van der Waals surface area contributed by atoms with Crippen molar-refractivity contribution in [2.45, 2.75) is 25.2 Å². The van der Waals surface area contributed by atoms with Crippen LogP contribution in [0.4, 0.5) is 13.2 Å². The Morgan fingerprint density at radius 1 is 1.14 bits per heavy atom. The number of hydrogen-bond acceptors (Lipinski definition) is 5. The fourth-order valence-electron chi connectivity index (χ4n) is 2.71. The molecule has 9 heteroatoms. The largest absolute Gasteiger partial charge is 0.416 e. The first-order chi connectivity index (χ1) is 13.8. The summed E-state index contributed by atoms with van der Waals surface area (Å²) in [5, 5.41) is 12.6. The van der Waals surface area contributed by atoms with Gasteiger partial charge < -0.3 is 15.3 Å². The summed E-state index contributed by atoms with van der Waals surface area (Å²) >= 11 is 0. The molecular formula is C20H18F3N3O3. The summed E-state index contributed by atoms with van der Waals surface area (Å²) in [6.07, 6.45) is -4.42. The number of nitrogens with zero attached hydrogens (tertiary/aromatic N) is 1. The minimum absolute atomic E-state index is 0.0554. The van der Waals surface area contributed by atoms with Crippen molar-refractivity contribution in [1.82, 2.24) is 10.8 Å². The Morgan fingerprint density at radius 2 is 1.79 bits per heavy atom. The summed E-state index contributed by atoms with van der Waals surface area (Å²) in [6.45, 7) is 1.43. The number of aliphatic imine (C=N–C) groups is 1. The van der Waals surface area contributed by atoms with E-state index in [4.69, 9.17) is 4.84 Å². The second kappa shape index (κ2) is 8.36. The van der Waals surface area contributed by atoms with Gasteiger partial charge in [0.15, 0.2) is 17.8 Å². The quantitative estimate of drug-likeness (QED) is 0.714. The number of amidine groups is 1. The standard InChI is InChI=1S/C20H18F3N3O3/c1-12(27)17(13-7-9-15(10-8-13)20(21,22)23)25-19(28)16-11-29-26-18(24-16)14-5-3-2-4-6-14/h2-12,17,27H,1H3,(H,24,26)(H,25,28)/t12-,17-/m1/s1. The third-order valence-corrected chi connectivity index (χ3v) is 4.20. The molecule has 0 spiro atoms. The fraction of sp³-hybridized carbons (Fsp3) is 0.200. The zero-order chi connectivity index (χ0) is 21.0. The van der Waals surface area contributed by atoms with E-state index in [1.807, 2.05) is 6.07 Å². The number of alkyl halides is 3. The average molecular weight is 405 g/mol. The highest BCUT2D eigenvalue weighted by molar-refractivity contribution is 6.03. The normalized spacial score (nSPS) is 15.9. The molecule has 1 aliphatic heterocycles. The minimum atomic E-state index is -4.47. The summed E-state index contributed by atoms with van der Waals surface area (Å²) in [5.41, 5.74) is 2.73. The topological polar surface area (TPSA) is 83.0 Å². The van der Waals surface area contributed by atoms with Crippen LogP contribution in [0.15, 0.2) is 71.5 Å². The van der Waals surface area contributed by atoms with E-state index < -0.39 is 29.8 Å². The number of benzene rings is 2. The number of rotatable bonds is 5. The second-order valence-corrected chi connectivity index (χ2v) is 6.36. The van der Waals surface area contributed by atoms with E-state index in [-0.39, 0.29) is 5.70 Å². The molecular weight excluding hydrogens is 387 g/mol. The van der Waals surface area contributed by atoms with E-state index in [2.05, 4.69) is 15.8 Å². The fourth-order valence-corrected chi connectivity index (χ4v) is 2.71. The Labute approximate surface area is 164 Å². The zero-order valence-corrected chi connectivity index (χ0v) is 15.3. The van der Waals surface area contributed by atoms with Gasteiger partial charge in [-0.05, 0) is 24.6 Å². The van der Waals surface area contributed by atoms with E-state index in [1.54, 1.807) is 24.3 Å². The van der Waals surface area contributed by atoms with E-state index in [0.29, 0.717) is 17.0 Å². The summed E-state index contributed by atoms with van der Waals surface area (Å²) in [4.78, 5) is 21.9. The molecule has 0 radical (unpaired) electrons. The lowest BCUT2D eigenvalue weighted by Crippen LogP contribution is -2.37. The molecule has 0 unspecified atom stereocenters. The van der Waals surface area contributed by atoms with Gasteiger partial charge in [0.25, 0.3) is 5.91 Å². The first-order valence-electron chi connectivity index (χ1n) is 8.68. The molecule has 1 heterocycles. The molecule has 0 bridgehead atoms. The predicted molar refractivity (Wildman–Crippen MR) is 99.3 cm³/mol. The van der Waals surface area contributed by atoms with E-state index in [1.165, 1.54) is 19.1 Å². The van der Waals surface area contributed by atoms with Crippen LogP contribution >= 0.6 is 0 Å². The molecule has 2 aromatic rings. The highest BCUT2D eigenvalue weighted by atomic mass is 19.4. The van der Waals surface area contributed by atoms with Gasteiger partial charge in [-0.2, -0.15) is 13.2 Å².